The first-order chi connectivity index (χ1) is 9.20. The van der Waals surface area contributed by atoms with Gasteiger partial charge in [-0.25, -0.2) is 0 Å². The lowest BCUT2D eigenvalue weighted by molar-refractivity contribution is -0.146. The Morgan fingerprint density at radius 2 is 2.32 bits per heavy atom. The SMILES string of the molecule is CNC(=O)C1CN(C(=O)CC2=CCCCC2)CCO1. The van der Waals surface area contributed by atoms with Crippen molar-refractivity contribution in [1.82, 2.24) is 10.2 Å². The first-order valence-electron chi connectivity index (χ1n) is 6.99. The minimum absolute atomic E-state index is 0.116. The van der Waals surface area contributed by atoms with Crippen LogP contribution in [0.4, 0.5) is 0 Å². The van der Waals surface area contributed by atoms with Crippen molar-refractivity contribution in [2.75, 3.05) is 26.7 Å². The number of nitrogens with one attached hydrogen (secondary N) is 1. The highest BCUT2D eigenvalue weighted by Gasteiger charge is 2.28. The molecule has 1 aliphatic heterocycles. The molecule has 1 fully saturated rings. The second-order valence-corrected chi connectivity index (χ2v) is 5.10. The molecule has 19 heavy (non-hydrogen) atoms. The third-order valence-electron chi connectivity index (χ3n) is 3.72. The standard InChI is InChI=1S/C14H22N2O3/c1-15-14(18)12-10-16(7-8-19-12)13(17)9-11-5-3-2-4-6-11/h5,12H,2-4,6-10H2,1H3,(H,15,18). The van der Waals surface area contributed by atoms with E-state index < -0.39 is 6.10 Å². The van der Waals surface area contributed by atoms with Gasteiger partial charge in [0, 0.05) is 20.0 Å². The van der Waals surface area contributed by atoms with Crippen LogP contribution in [0.15, 0.2) is 11.6 Å². The fraction of sp³-hybridized carbons (Fsp3) is 0.714. The van der Waals surface area contributed by atoms with Gasteiger partial charge in [0.05, 0.1) is 13.2 Å². The zero-order valence-corrected chi connectivity index (χ0v) is 11.5. The van der Waals surface area contributed by atoms with E-state index in [9.17, 15) is 9.59 Å². The van der Waals surface area contributed by atoms with E-state index in [4.69, 9.17) is 4.74 Å². The summed E-state index contributed by atoms with van der Waals surface area (Å²) in [5.74, 6) is -0.0419. The monoisotopic (exact) mass is 266 g/mol. The molecule has 2 rings (SSSR count). The molecule has 5 nitrogen and oxygen atoms in total. The third kappa shape index (κ3) is 3.80. The number of carbonyl (C=O) groups excluding carboxylic acids is 2. The second-order valence-electron chi connectivity index (χ2n) is 5.10. The lowest BCUT2D eigenvalue weighted by Crippen LogP contribution is -2.51. The van der Waals surface area contributed by atoms with Gasteiger partial charge < -0.3 is 15.0 Å². The van der Waals surface area contributed by atoms with Gasteiger partial charge in [0.2, 0.25) is 5.91 Å². The summed E-state index contributed by atoms with van der Waals surface area (Å²) in [6.45, 7) is 1.38. The van der Waals surface area contributed by atoms with Gasteiger partial charge in [0.25, 0.3) is 5.91 Å². The summed E-state index contributed by atoms with van der Waals surface area (Å²) in [5, 5.41) is 2.56. The normalized spacial score (nSPS) is 23.7. The van der Waals surface area contributed by atoms with Crippen LogP contribution in [0, 0.1) is 0 Å². The van der Waals surface area contributed by atoms with Crippen LogP contribution in [0.25, 0.3) is 0 Å². The number of hydrogen-bond donors (Lipinski definition) is 1. The Morgan fingerprint density at radius 3 is 3.00 bits per heavy atom. The fourth-order valence-electron chi connectivity index (χ4n) is 2.57. The molecule has 0 radical (unpaired) electrons. The van der Waals surface area contributed by atoms with Crippen LogP contribution < -0.4 is 5.32 Å². The molecule has 106 valence electrons. The molecule has 1 aliphatic carbocycles. The Kier molecular flexibility index (Phi) is 4.96. The molecule has 5 heteroatoms. The van der Waals surface area contributed by atoms with Gasteiger partial charge in [-0.15, -0.1) is 0 Å². The van der Waals surface area contributed by atoms with Crippen LogP contribution in [-0.2, 0) is 14.3 Å². The molecule has 1 saturated heterocycles. The number of amides is 2. The Hall–Kier alpha value is -1.36. The second kappa shape index (κ2) is 6.70. The highest BCUT2D eigenvalue weighted by Crippen LogP contribution is 2.21. The van der Waals surface area contributed by atoms with Crippen molar-refractivity contribution in [3.8, 4) is 0 Å². The zero-order chi connectivity index (χ0) is 13.7. The van der Waals surface area contributed by atoms with Gasteiger partial charge in [0.1, 0.15) is 0 Å². The van der Waals surface area contributed by atoms with Crippen molar-refractivity contribution in [2.45, 2.75) is 38.2 Å². The van der Waals surface area contributed by atoms with Gasteiger partial charge in [0.15, 0.2) is 6.10 Å². The maximum Gasteiger partial charge on any atom is 0.250 e. The van der Waals surface area contributed by atoms with E-state index in [-0.39, 0.29) is 11.8 Å². The number of likely N-dealkylation sites (N-methyl/N-ethyl adjacent to an activating group) is 1. The van der Waals surface area contributed by atoms with Crippen LogP contribution in [-0.4, -0.2) is 49.6 Å². The largest absolute Gasteiger partial charge is 0.365 e. The quantitative estimate of drug-likeness (QED) is 0.770. The van der Waals surface area contributed by atoms with E-state index in [0.29, 0.717) is 26.1 Å². The van der Waals surface area contributed by atoms with Gasteiger partial charge in [-0.3, -0.25) is 9.59 Å². The number of hydrogen-bond acceptors (Lipinski definition) is 3. The first-order valence-corrected chi connectivity index (χ1v) is 6.99. The Balaban J connectivity index is 1.88. The average Bonchev–Trinajstić information content (AvgIpc) is 2.47. The summed E-state index contributed by atoms with van der Waals surface area (Å²) >= 11 is 0. The van der Waals surface area contributed by atoms with Gasteiger partial charge in [-0.1, -0.05) is 11.6 Å². The van der Waals surface area contributed by atoms with Crippen LogP contribution in [0.5, 0.6) is 0 Å². The number of carbonyl (C=O) groups is 2. The number of ether oxygens (including phenoxy) is 1. The first kappa shape index (κ1) is 14.1. The van der Waals surface area contributed by atoms with Crippen molar-refractivity contribution >= 4 is 11.8 Å². The topological polar surface area (TPSA) is 58.6 Å². The smallest absolute Gasteiger partial charge is 0.250 e. The molecule has 1 unspecified atom stereocenters. The van der Waals surface area contributed by atoms with E-state index in [1.165, 1.54) is 18.4 Å². The van der Waals surface area contributed by atoms with E-state index >= 15 is 0 Å². The highest BCUT2D eigenvalue weighted by atomic mass is 16.5. The molecule has 2 amide bonds. The number of allylic oxidation sites excluding steroid dienone is 1. The van der Waals surface area contributed by atoms with E-state index in [0.717, 1.165) is 12.8 Å². The van der Waals surface area contributed by atoms with Crippen LogP contribution in [0.2, 0.25) is 0 Å². The molecule has 0 aromatic heterocycles. The Labute approximate surface area is 114 Å². The summed E-state index contributed by atoms with van der Waals surface area (Å²) in [6.07, 6.45) is 6.71. The Morgan fingerprint density at radius 1 is 1.47 bits per heavy atom. The minimum atomic E-state index is -0.525. The van der Waals surface area contributed by atoms with Gasteiger partial charge in [-0.2, -0.15) is 0 Å². The molecule has 0 aromatic carbocycles. The lowest BCUT2D eigenvalue weighted by atomic mass is 9.97. The summed E-state index contributed by atoms with van der Waals surface area (Å²) in [6, 6.07) is 0. The molecule has 1 N–H and O–H groups in total. The van der Waals surface area contributed by atoms with Crippen LogP contribution in [0.1, 0.15) is 32.1 Å². The number of morpholine rings is 1. The van der Waals surface area contributed by atoms with Gasteiger partial charge >= 0.3 is 0 Å². The Bertz CT molecular complexity index is 379. The van der Waals surface area contributed by atoms with Gasteiger partial charge in [-0.05, 0) is 25.7 Å². The molecule has 0 saturated carbocycles. The molecule has 1 heterocycles. The summed E-state index contributed by atoms with van der Waals surface area (Å²) in [7, 11) is 1.58. The van der Waals surface area contributed by atoms with Crippen molar-refractivity contribution in [2.24, 2.45) is 0 Å². The van der Waals surface area contributed by atoms with Crippen LogP contribution in [0.3, 0.4) is 0 Å². The van der Waals surface area contributed by atoms with Crippen LogP contribution >= 0.6 is 0 Å². The average molecular weight is 266 g/mol. The van der Waals surface area contributed by atoms with E-state index in [1.807, 2.05) is 0 Å². The summed E-state index contributed by atoms with van der Waals surface area (Å²) < 4.78 is 5.38. The number of rotatable bonds is 3. The van der Waals surface area contributed by atoms with E-state index in [1.54, 1.807) is 11.9 Å². The molecule has 2 aliphatic rings. The van der Waals surface area contributed by atoms with Crippen molar-refractivity contribution in [1.29, 1.82) is 0 Å². The lowest BCUT2D eigenvalue weighted by Gasteiger charge is -2.32. The van der Waals surface area contributed by atoms with E-state index in [2.05, 4.69) is 11.4 Å². The molecule has 1 atom stereocenters. The van der Waals surface area contributed by atoms with Crippen molar-refractivity contribution < 1.29 is 14.3 Å². The maximum atomic E-state index is 12.2. The van der Waals surface area contributed by atoms with Crippen molar-refractivity contribution in [3.63, 3.8) is 0 Å². The maximum absolute atomic E-state index is 12.2. The predicted octanol–water partition coefficient (Wildman–Crippen LogP) is 0.850. The molecule has 0 spiro atoms. The summed E-state index contributed by atoms with van der Waals surface area (Å²) in [5.41, 5.74) is 1.25. The third-order valence-corrected chi connectivity index (χ3v) is 3.72. The highest BCUT2D eigenvalue weighted by molar-refractivity contribution is 5.83. The molecular formula is C14H22N2O3. The molecular weight excluding hydrogens is 244 g/mol. The fourth-order valence-corrected chi connectivity index (χ4v) is 2.57. The molecule has 0 bridgehead atoms. The minimum Gasteiger partial charge on any atom is -0.365 e. The molecule has 0 aromatic rings. The zero-order valence-electron chi connectivity index (χ0n) is 11.5. The van der Waals surface area contributed by atoms with Crippen molar-refractivity contribution in [3.05, 3.63) is 11.6 Å². The number of nitrogens with zero attached hydrogens (tertiary/aromatic N) is 1. The summed E-state index contributed by atoms with van der Waals surface area (Å²) in [4.78, 5) is 25.5. The predicted molar refractivity (Wildman–Crippen MR) is 71.6 cm³/mol.